The second-order valence-corrected chi connectivity index (χ2v) is 6.21. The third-order valence-corrected chi connectivity index (χ3v) is 4.40. The zero-order chi connectivity index (χ0) is 16.5. The van der Waals surface area contributed by atoms with E-state index >= 15 is 0 Å². The number of hydrogen-bond acceptors (Lipinski definition) is 5. The Morgan fingerprint density at radius 3 is 2.92 bits per heavy atom. The molecule has 0 fully saturated rings. The molecule has 2 amide bonds. The van der Waals surface area contributed by atoms with E-state index in [1.165, 1.54) is 11.3 Å². The number of para-hydroxylation sites is 2. The molecule has 8 heteroatoms. The SMILES string of the molecule is O=C(NCc1nc2ccccc2[nH]1)Nc1nc2cc(O)ccc2s1. The smallest absolute Gasteiger partial charge is 0.321 e. The molecule has 0 radical (unpaired) electrons. The molecule has 0 unspecified atom stereocenters. The Morgan fingerprint density at radius 2 is 2.04 bits per heavy atom. The molecule has 0 aliphatic carbocycles. The fourth-order valence-corrected chi connectivity index (χ4v) is 3.21. The van der Waals surface area contributed by atoms with Crippen LogP contribution in [-0.4, -0.2) is 26.1 Å². The van der Waals surface area contributed by atoms with Gasteiger partial charge in [-0.1, -0.05) is 23.5 Å². The third-order valence-electron chi connectivity index (χ3n) is 3.45. The molecule has 0 saturated heterocycles. The minimum atomic E-state index is -0.362. The highest BCUT2D eigenvalue weighted by Gasteiger charge is 2.09. The van der Waals surface area contributed by atoms with E-state index in [2.05, 4.69) is 25.6 Å². The van der Waals surface area contributed by atoms with Crippen LogP contribution in [0.25, 0.3) is 21.3 Å². The molecule has 2 aromatic carbocycles. The van der Waals surface area contributed by atoms with Crippen molar-refractivity contribution < 1.29 is 9.90 Å². The van der Waals surface area contributed by atoms with Gasteiger partial charge in [0, 0.05) is 6.07 Å². The van der Waals surface area contributed by atoms with Gasteiger partial charge < -0.3 is 15.4 Å². The van der Waals surface area contributed by atoms with Crippen LogP contribution in [0.1, 0.15) is 5.82 Å². The highest BCUT2D eigenvalue weighted by atomic mass is 32.1. The molecular weight excluding hydrogens is 326 g/mol. The summed E-state index contributed by atoms with van der Waals surface area (Å²) in [6.45, 7) is 0.284. The Balaban J connectivity index is 1.42. The van der Waals surface area contributed by atoms with Crippen LogP contribution in [0.4, 0.5) is 9.93 Å². The van der Waals surface area contributed by atoms with Crippen LogP contribution in [0.15, 0.2) is 42.5 Å². The quantitative estimate of drug-likeness (QED) is 0.460. The van der Waals surface area contributed by atoms with Gasteiger partial charge in [-0.2, -0.15) is 0 Å². The van der Waals surface area contributed by atoms with Crippen LogP contribution in [0.3, 0.4) is 0 Å². The lowest BCUT2D eigenvalue weighted by Crippen LogP contribution is -2.28. The Kier molecular flexibility index (Phi) is 3.51. The number of benzene rings is 2. The summed E-state index contributed by atoms with van der Waals surface area (Å²) in [6.07, 6.45) is 0. The van der Waals surface area contributed by atoms with Crippen LogP contribution in [-0.2, 0) is 6.54 Å². The van der Waals surface area contributed by atoms with Crippen molar-refractivity contribution in [2.75, 3.05) is 5.32 Å². The summed E-state index contributed by atoms with van der Waals surface area (Å²) in [4.78, 5) is 23.8. The number of aromatic nitrogens is 3. The molecule has 7 nitrogen and oxygen atoms in total. The van der Waals surface area contributed by atoms with Gasteiger partial charge in [0.25, 0.3) is 0 Å². The lowest BCUT2D eigenvalue weighted by Gasteiger charge is -2.02. The monoisotopic (exact) mass is 339 g/mol. The molecule has 0 saturated carbocycles. The van der Waals surface area contributed by atoms with Gasteiger partial charge in [0.15, 0.2) is 5.13 Å². The number of nitrogens with one attached hydrogen (secondary N) is 3. The van der Waals surface area contributed by atoms with Crippen LogP contribution >= 0.6 is 11.3 Å². The lowest BCUT2D eigenvalue weighted by molar-refractivity contribution is 0.251. The Bertz CT molecular complexity index is 1010. The topological polar surface area (TPSA) is 103 Å². The number of imidazole rings is 1. The Morgan fingerprint density at radius 1 is 1.17 bits per heavy atom. The summed E-state index contributed by atoms with van der Waals surface area (Å²) < 4.78 is 0.889. The van der Waals surface area contributed by atoms with Crippen molar-refractivity contribution in [1.82, 2.24) is 20.3 Å². The standard InChI is InChI=1S/C16H13N5O2S/c22-9-5-6-13-12(7-9)20-16(24-13)21-15(23)17-8-14-18-10-3-1-2-4-11(10)19-14/h1-7,22H,8H2,(H,18,19)(H2,17,20,21,23). The van der Waals surface area contributed by atoms with Crippen molar-refractivity contribution >= 4 is 43.7 Å². The summed E-state index contributed by atoms with van der Waals surface area (Å²) in [6, 6.07) is 12.2. The van der Waals surface area contributed by atoms with Gasteiger partial charge in [-0.15, -0.1) is 0 Å². The summed E-state index contributed by atoms with van der Waals surface area (Å²) >= 11 is 1.34. The van der Waals surface area contributed by atoms with Crippen molar-refractivity contribution in [3.05, 3.63) is 48.3 Å². The number of urea groups is 1. The minimum absolute atomic E-state index is 0.147. The lowest BCUT2D eigenvalue weighted by atomic mass is 10.3. The van der Waals surface area contributed by atoms with E-state index in [1.54, 1.807) is 18.2 Å². The van der Waals surface area contributed by atoms with Crippen molar-refractivity contribution in [2.24, 2.45) is 0 Å². The summed E-state index contributed by atoms with van der Waals surface area (Å²) in [5.41, 5.74) is 2.44. The molecule has 2 aromatic heterocycles. The fourth-order valence-electron chi connectivity index (χ4n) is 2.36. The number of amides is 2. The number of nitrogens with zero attached hydrogens (tertiary/aromatic N) is 2. The van der Waals surface area contributed by atoms with Crippen molar-refractivity contribution in [1.29, 1.82) is 0 Å². The first-order chi connectivity index (χ1) is 11.7. The zero-order valence-corrected chi connectivity index (χ0v) is 13.2. The maximum atomic E-state index is 12.0. The number of carbonyl (C=O) groups is 1. The van der Waals surface area contributed by atoms with Gasteiger partial charge >= 0.3 is 6.03 Å². The third kappa shape index (κ3) is 2.86. The summed E-state index contributed by atoms with van der Waals surface area (Å²) in [5.74, 6) is 0.828. The van der Waals surface area contributed by atoms with Gasteiger partial charge in [-0.25, -0.2) is 14.8 Å². The number of rotatable bonds is 3. The van der Waals surface area contributed by atoms with Gasteiger partial charge in [0.1, 0.15) is 11.6 Å². The number of phenolic OH excluding ortho intramolecular Hbond substituents is 1. The number of H-pyrrole nitrogens is 1. The zero-order valence-electron chi connectivity index (χ0n) is 12.4. The molecule has 0 spiro atoms. The van der Waals surface area contributed by atoms with Crippen LogP contribution in [0.2, 0.25) is 0 Å². The number of carbonyl (C=O) groups excluding carboxylic acids is 1. The first-order valence-electron chi connectivity index (χ1n) is 7.25. The van der Waals surface area contributed by atoms with Crippen molar-refractivity contribution in [3.63, 3.8) is 0 Å². The second-order valence-electron chi connectivity index (χ2n) is 5.18. The number of aromatic hydroxyl groups is 1. The van der Waals surface area contributed by atoms with E-state index in [1.807, 2.05) is 24.3 Å². The van der Waals surface area contributed by atoms with E-state index in [9.17, 15) is 9.90 Å². The van der Waals surface area contributed by atoms with E-state index in [4.69, 9.17) is 0 Å². The van der Waals surface area contributed by atoms with Crippen LogP contribution in [0, 0.1) is 0 Å². The second kappa shape index (κ2) is 5.82. The average Bonchev–Trinajstić information content (AvgIpc) is 3.15. The number of phenols is 1. The molecule has 2 heterocycles. The molecule has 24 heavy (non-hydrogen) atoms. The molecule has 4 N–H and O–H groups in total. The maximum Gasteiger partial charge on any atom is 0.321 e. The first-order valence-corrected chi connectivity index (χ1v) is 8.07. The predicted octanol–water partition coefficient (Wildman–Crippen LogP) is 3.20. The number of anilines is 1. The molecule has 0 bridgehead atoms. The number of aromatic amines is 1. The van der Waals surface area contributed by atoms with Gasteiger partial charge in [0.2, 0.25) is 0 Å². The largest absolute Gasteiger partial charge is 0.508 e. The number of fused-ring (bicyclic) bond motifs is 2. The first kappa shape index (κ1) is 14.5. The Labute approximate surface area is 140 Å². The summed E-state index contributed by atoms with van der Waals surface area (Å²) in [7, 11) is 0. The van der Waals surface area contributed by atoms with Crippen LogP contribution < -0.4 is 10.6 Å². The van der Waals surface area contributed by atoms with E-state index in [0.29, 0.717) is 16.5 Å². The highest BCUT2D eigenvalue weighted by molar-refractivity contribution is 7.22. The molecule has 0 atom stereocenters. The normalized spacial score (nSPS) is 11.0. The van der Waals surface area contributed by atoms with E-state index in [0.717, 1.165) is 15.7 Å². The molecule has 4 rings (SSSR count). The number of thiazole rings is 1. The molecule has 0 aliphatic heterocycles. The van der Waals surface area contributed by atoms with Crippen LogP contribution in [0.5, 0.6) is 5.75 Å². The van der Waals surface area contributed by atoms with Crippen molar-refractivity contribution in [2.45, 2.75) is 6.54 Å². The molecule has 120 valence electrons. The maximum absolute atomic E-state index is 12.0. The van der Waals surface area contributed by atoms with Crippen molar-refractivity contribution in [3.8, 4) is 5.75 Å². The average molecular weight is 339 g/mol. The van der Waals surface area contributed by atoms with Gasteiger partial charge in [0.05, 0.1) is 27.8 Å². The molecule has 4 aromatic rings. The minimum Gasteiger partial charge on any atom is -0.508 e. The summed E-state index contributed by atoms with van der Waals surface area (Å²) in [5, 5.41) is 15.3. The number of hydrogen-bond donors (Lipinski definition) is 4. The highest BCUT2D eigenvalue weighted by Crippen LogP contribution is 2.28. The Hall–Kier alpha value is -3.13. The van der Waals surface area contributed by atoms with E-state index in [-0.39, 0.29) is 18.3 Å². The molecular formula is C16H13N5O2S. The van der Waals surface area contributed by atoms with Gasteiger partial charge in [-0.3, -0.25) is 5.32 Å². The van der Waals surface area contributed by atoms with Gasteiger partial charge in [-0.05, 0) is 24.3 Å². The predicted molar refractivity (Wildman–Crippen MR) is 93.2 cm³/mol. The molecule has 0 aliphatic rings. The fraction of sp³-hybridized carbons (Fsp3) is 0.0625. The van der Waals surface area contributed by atoms with E-state index < -0.39 is 0 Å².